The normalized spacial score (nSPS) is 20.4. The molecule has 6 heteroatoms. The molecular formula is C22H28N4O2. The first kappa shape index (κ1) is 18.9. The summed E-state index contributed by atoms with van der Waals surface area (Å²) >= 11 is 0. The fraction of sp³-hybridized carbons (Fsp3) is 0.500. The molecule has 0 radical (unpaired) electrons. The van der Waals surface area contributed by atoms with Crippen molar-refractivity contribution >= 4 is 11.9 Å². The van der Waals surface area contributed by atoms with Gasteiger partial charge in [-0.1, -0.05) is 17.7 Å². The van der Waals surface area contributed by atoms with Crippen molar-refractivity contribution in [1.29, 1.82) is 0 Å². The van der Waals surface area contributed by atoms with Crippen molar-refractivity contribution in [2.45, 2.75) is 45.1 Å². The summed E-state index contributed by atoms with van der Waals surface area (Å²) in [5.74, 6) is 1.23. The third kappa shape index (κ3) is 4.17. The van der Waals surface area contributed by atoms with E-state index in [-0.39, 0.29) is 11.9 Å². The van der Waals surface area contributed by atoms with Crippen molar-refractivity contribution in [2.24, 2.45) is 0 Å². The van der Waals surface area contributed by atoms with Crippen molar-refractivity contribution in [2.75, 3.05) is 31.2 Å². The lowest BCUT2D eigenvalue weighted by Gasteiger charge is -2.23. The molecule has 1 amide bonds. The van der Waals surface area contributed by atoms with E-state index in [2.05, 4.69) is 15.2 Å². The number of aromatic nitrogens is 2. The van der Waals surface area contributed by atoms with Crippen molar-refractivity contribution < 1.29 is 9.53 Å². The van der Waals surface area contributed by atoms with Gasteiger partial charge in [-0.05, 0) is 50.8 Å². The first-order valence-corrected chi connectivity index (χ1v) is 10.1. The Hall–Kier alpha value is -2.47. The lowest BCUT2D eigenvalue weighted by molar-refractivity contribution is 0.0845. The number of amides is 1. The molecule has 2 aliphatic heterocycles. The number of nitrogens with one attached hydrogen (secondary N) is 1. The smallest absolute Gasteiger partial charge is 0.251 e. The maximum absolute atomic E-state index is 12.7. The van der Waals surface area contributed by atoms with Crippen molar-refractivity contribution in [3.05, 3.63) is 52.8 Å². The molecule has 0 bridgehead atoms. The van der Waals surface area contributed by atoms with Crippen molar-refractivity contribution in [3.63, 3.8) is 0 Å². The van der Waals surface area contributed by atoms with E-state index in [9.17, 15) is 4.79 Å². The monoisotopic (exact) mass is 380 g/mol. The molecule has 4 rings (SSSR count). The Labute approximate surface area is 166 Å². The Morgan fingerprint density at radius 1 is 1.18 bits per heavy atom. The Morgan fingerprint density at radius 2 is 2.00 bits per heavy atom. The minimum absolute atomic E-state index is 0.00456. The predicted molar refractivity (Wildman–Crippen MR) is 109 cm³/mol. The van der Waals surface area contributed by atoms with E-state index in [0.29, 0.717) is 5.92 Å². The molecule has 6 nitrogen and oxygen atoms in total. The minimum atomic E-state index is 0.00456. The highest BCUT2D eigenvalue weighted by molar-refractivity contribution is 5.96. The zero-order valence-corrected chi connectivity index (χ0v) is 16.6. The van der Waals surface area contributed by atoms with E-state index in [1.54, 1.807) is 0 Å². The Bertz CT molecular complexity index is 848. The number of nitrogens with zero attached hydrogens (tertiary/aromatic N) is 3. The molecule has 2 saturated heterocycles. The van der Waals surface area contributed by atoms with Crippen LogP contribution in [0.25, 0.3) is 0 Å². The molecule has 1 atom stereocenters. The van der Waals surface area contributed by atoms with Gasteiger partial charge in [-0.15, -0.1) is 0 Å². The quantitative estimate of drug-likeness (QED) is 0.883. The second-order valence-corrected chi connectivity index (χ2v) is 7.89. The molecule has 2 aliphatic rings. The minimum Gasteiger partial charge on any atom is -0.381 e. The van der Waals surface area contributed by atoms with Crippen LogP contribution in [0.3, 0.4) is 0 Å². The topological polar surface area (TPSA) is 67.4 Å². The highest BCUT2D eigenvalue weighted by Crippen LogP contribution is 2.27. The highest BCUT2D eigenvalue weighted by atomic mass is 16.5. The SMILES string of the molecule is Cc1ccc(C)c(C(=O)NC2CCN(c3nccc(C4CCOCC4)n3)C2)c1. The Morgan fingerprint density at radius 3 is 2.82 bits per heavy atom. The van der Waals surface area contributed by atoms with Crippen LogP contribution >= 0.6 is 0 Å². The fourth-order valence-electron chi connectivity index (χ4n) is 4.04. The molecule has 2 aromatic rings. The lowest BCUT2D eigenvalue weighted by atomic mass is 9.96. The summed E-state index contributed by atoms with van der Waals surface area (Å²) in [7, 11) is 0. The summed E-state index contributed by atoms with van der Waals surface area (Å²) in [6, 6.07) is 8.13. The third-order valence-electron chi connectivity index (χ3n) is 5.75. The molecule has 1 N–H and O–H groups in total. The van der Waals surface area contributed by atoms with Crippen molar-refractivity contribution in [1.82, 2.24) is 15.3 Å². The lowest BCUT2D eigenvalue weighted by Crippen LogP contribution is -2.37. The first-order valence-electron chi connectivity index (χ1n) is 10.1. The summed E-state index contributed by atoms with van der Waals surface area (Å²) in [5, 5.41) is 3.19. The van der Waals surface area contributed by atoms with Gasteiger partial charge in [-0.2, -0.15) is 0 Å². The standard InChI is InChI=1S/C22H28N4O2/c1-15-3-4-16(2)19(13-15)21(27)24-18-6-10-26(14-18)22-23-9-5-20(25-22)17-7-11-28-12-8-17/h3-5,9,13,17-18H,6-8,10-12,14H2,1-2H3,(H,24,27). The van der Waals surface area contributed by atoms with E-state index in [4.69, 9.17) is 9.72 Å². The molecular weight excluding hydrogens is 352 g/mol. The summed E-state index contributed by atoms with van der Waals surface area (Å²) in [6.45, 7) is 7.20. The largest absolute Gasteiger partial charge is 0.381 e. The van der Waals surface area contributed by atoms with Crippen LogP contribution in [0.5, 0.6) is 0 Å². The number of benzene rings is 1. The van der Waals surface area contributed by atoms with Gasteiger partial charge in [0.05, 0.1) is 0 Å². The van der Waals surface area contributed by atoms with Gasteiger partial charge < -0.3 is 15.0 Å². The Balaban J connectivity index is 1.40. The van der Waals surface area contributed by atoms with Gasteiger partial charge in [0.25, 0.3) is 5.91 Å². The molecule has 28 heavy (non-hydrogen) atoms. The molecule has 1 aromatic heterocycles. The van der Waals surface area contributed by atoms with Crippen LogP contribution in [-0.2, 0) is 4.74 Å². The predicted octanol–water partition coefficient (Wildman–Crippen LogP) is 3.00. The van der Waals surface area contributed by atoms with Gasteiger partial charge in [0, 0.05) is 55.7 Å². The van der Waals surface area contributed by atoms with E-state index in [1.807, 2.05) is 44.3 Å². The third-order valence-corrected chi connectivity index (χ3v) is 5.75. The van der Waals surface area contributed by atoms with Gasteiger partial charge in [0.15, 0.2) is 0 Å². The van der Waals surface area contributed by atoms with Crippen LogP contribution in [0, 0.1) is 13.8 Å². The van der Waals surface area contributed by atoms with E-state index in [1.165, 1.54) is 0 Å². The fourth-order valence-corrected chi connectivity index (χ4v) is 4.04. The van der Waals surface area contributed by atoms with Crippen LogP contribution in [-0.4, -0.2) is 48.2 Å². The van der Waals surface area contributed by atoms with Gasteiger partial charge in [0.1, 0.15) is 0 Å². The van der Waals surface area contributed by atoms with Crippen molar-refractivity contribution in [3.8, 4) is 0 Å². The average molecular weight is 380 g/mol. The molecule has 0 aliphatic carbocycles. The van der Waals surface area contributed by atoms with E-state index < -0.39 is 0 Å². The molecule has 3 heterocycles. The summed E-state index contributed by atoms with van der Waals surface area (Å²) < 4.78 is 5.46. The number of aryl methyl sites for hydroxylation is 2. The summed E-state index contributed by atoms with van der Waals surface area (Å²) in [5.41, 5.74) is 3.97. The van der Waals surface area contributed by atoms with Crippen LogP contribution in [0.15, 0.2) is 30.5 Å². The van der Waals surface area contributed by atoms with Gasteiger partial charge >= 0.3 is 0 Å². The highest BCUT2D eigenvalue weighted by Gasteiger charge is 2.27. The van der Waals surface area contributed by atoms with Crippen LogP contribution < -0.4 is 10.2 Å². The van der Waals surface area contributed by atoms with Crippen LogP contribution in [0.2, 0.25) is 0 Å². The maximum atomic E-state index is 12.7. The molecule has 2 fully saturated rings. The van der Waals surface area contributed by atoms with Gasteiger partial charge in [-0.25, -0.2) is 9.97 Å². The first-order chi connectivity index (χ1) is 13.6. The van der Waals surface area contributed by atoms with E-state index in [0.717, 1.165) is 73.9 Å². The number of hydrogen-bond acceptors (Lipinski definition) is 5. The zero-order chi connectivity index (χ0) is 19.5. The van der Waals surface area contributed by atoms with Gasteiger partial charge in [0.2, 0.25) is 5.95 Å². The van der Waals surface area contributed by atoms with Gasteiger partial charge in [-0.3, -0.25) is 4.79 Å². The Kier molecular flexibility index (Phi) is 5.57. The van der Waals surface area contributed by atoms with E-state index >= 15 is 0 Å². The average Bonchev–Trinajstić information content (AvgIpc) is 3.19. The number of carbonyl (C=O) groups is 1. The van der Waals surface area contributed by atoms with Crippen LogP contribution in [0.1, 0.15) is 52.4 Å². The summed E-state index contributed by atoms with van der Waals surface area (Å²) in [4.78, 5) is 24.2. The maximum Gasteiger partial charge on any atom is 0.251 e. The number of carbonyl (C=O) groups excluding carboxylic acids is 1. The number of ether oxygens (including phenoxy) is 1. The zero-order valence-electron chi connectivity index (χ0n) is 16.6. The molecule has 1 aromatic carbocycles. The number of anilines is 1. The second-order valence-electron chi connectivity index (χ2n) is 7.89. The summed E-state index contributed by atoms with van der Waals surface area (Å²) in [6.07, 6.45) is 4.80. The molecule has 0 spiro atoms. The molecule has 1 unspecified atom stereocenters. The second kappa shape index (κ2) is 8.27. The van der Waals surface area contributed by atoms with Crippen LogP contribution in [0.4, 0.5) is 5.95 Å². The number of hydrogen-bond donors (Lipinski definition) is 1. The molecule has 148 valence electrons. The molecule has 0 saturated carbocycles. The number of rotatable bonds is 4.